The van der Waals surface area contributed by atoms with Crippen molar-refractivity contribution in [3.05, 3.63) is 35.2 Å². The number of amides is 1. The molecule has 0 aliphatic rings. The Morgan fingerprint density at radius 1 is 1.26 bits per heavy atom. The van der Waals surface area contributed by atoms with Gasteiger partial charge in [-0.2, -0.15) is 0 Å². The van der Waals surface area contributed by atoms with Crippen molar-refractivity contribution in [2.24, 2.45) is 0 Å². The van der Waals surface area contributed by atoms with E-state index in [1.165, 1.54) is 0 Å². The van der Waals surface area contributed by atoms with Crippen LogP contribution in [0.2, 0.25) is 0 Å². The van der Waals surface area contributed by atoms with Crippen LogP contribution in [-0.4, -0.2) is 29.6 Å². The zero-order valence-corrected chi connectivity index (χ0v) is 14.7. The molecule has 0 fully saturated rings. The highest BCUT2D eigenvalue weighted by atomic mass is 16.5. The van der Waals surface area contributed by atoms with Crippen LogP contribution in [0.15, 0.2) is 12.7 Å². The van der Waals surface area contributed by atoms with E-state index in [1.54, 1.807) is 24.5 Å². The molecule has 1 aromatic heterocycles. The van der Waals surface area contributed by atoms with Crippen molar-refractivity contribution >= 4 is 11.9 Å². The molecule has 0 bridgehead atoms. The topological polar surface area (TPSA) is 60.3 Å². The summed E-state index contributed by atoms with van der Waals surface area (Å²) in [6.45, 7) is 12.7. The van der Waals surface area contributed by atoms with Crippen LogP contribution in [-0.2, 0) is 11.3 Å². The number of nitrogens with zero attached hydrogens (tertiary/aromatic N) is 1. The third kappa shape index (κ3) is 4.47. The number of ether oxygens (including phenoxy) is 1. The van der Waals surface area contributed by atoms with Gasteiger partial charge in [-0.3, -0.25) is 4.79 Å². The van der Waals surface area contributed by atoms with Crippen LogP contribution in [0.25, 0.3) is 0 Å². The van der Waals surface area contributed by atoms with Gasteiger partial charge in [0.05, 0.1) is 12.2 Å². The number of rotatable bonds is 9. The van der Waals surface area contributed by atoms with Crippen molar-refractivity contribution in [2.75, 3.05) is 13.2 Å². The highest BCUT2D eigenvalue weighted by molar-refractivity contribution is 6.01. The molecule has 0 unspecified atom stereocenters. The predicted octanol–water partition coefficient (Wildman–Crippen LogP) is 3.39. The van der Waals surface area contributed by atoms with Gasteiger partial charge in [-0.15, -0.1) is 6.58 Å². The van der Waals surface area contributed by atoms with E-state index in [1.807, 2.05) is 6.92 Å². The number of allylic oxidation sites excluding steroid dienone is 1. The number of aromatic nitrogens is 1. The maximum absolute atomic E-state index is 12.5. The minimum absolute atomic E-state index is 0.135. The summed E-state index contributed by atoms with van der Waals surface area (Å²) in [7, 11) is 0. The third-order valence-corrected chi connectivity index (χ3v) is 3.84. The van der Waals surface area contributed by atoms with Crippen LogP contribution in [0.5, 0.6) is 0 Å². The first-order valence-electron chi connectivity index (χ1n) is 8.25. The average molecular weight is 320 g/mol. The molecular formula is C18H28N2O3. The lowest BCUT2D eigenvalue weighted by Crippen LogP contribution is -2.25. The van der Waals surface area contributed by atoms with E-state index in [4.69, 9.17) is 4.74 Å². The smallest absolute Gasteiger partial charge is 0.355 e. The molecule has 1 amide bonds. The summed E-state index contributed by atoms with van der Waals surface area (Å²) in [5.41, 5.74) is 2.42. The van der Waals surface area contributed by atoms with Crippen LogP contribution in [0, 0.1) is 13.8 Å². The number of carbonyl (C=O) groups is 2. The quantitative estimate of drug-likeness (QED) is 0.431. The van der Waals surface area contributed by atoms with Crippen LogP contribution in [0.4, 0.5) is 0 Å². The van der Waals surface area contributed by atoms with E-state index >= 15 is 0 Å². The Morgan fingerprint density at radius 3 is 2.52 bits per heavy atom. The first-order chi connectivity index (χ1) is 11.0. The maximum atomic E-state index is 12.5. The highest BCUT2D eigenvalue weighted by Crippen LogP contribution is 2.23. The summed E-state index contributed by atoms with van der Waals surface area (Å²) in [6.07, 6.45) is 4.86. The number of hydrogen-bond donors (Lipinski definition) is 1. The lowest BCUT2D eigenvalue weighted by atomic mass is 10.1. The summed E-state index contributed by atoms with van der Waals surface area (Å²) in [6, 6.07) is 0. The van der Waals surface area contributed by atoms with Gasteiger partial charge >= 0.3 is 5.97 Å². The molecule has 5 heteroatoms. The standard InChI is InChI=1S/C18H28N2O3/c1-6-9-10-11-19-17(21)15-13(4)16(18(22)23-8-3)20(12-7-2)14(15)5/h7H,2,6,8-12H2,1,3-5H3,(H,19,21). The normalized spacial score (nSPS) is 10.4. The summed E-state index contributed by atoms with van der Waals surface area (Å²) < 4.78 is 6.92. The second-order valence-corrected chi connectivity index (χ2v) is 5.52. The Labute approximate surface area is 138 Å². The molecule has 128 valence electrons. The molecule has 0 aliphatic heterocycles. The molecule has 0 saturated carbocycles. The molecule has 1 aromatic rings. The molecule has 1 N–H and O–H groups in total. The van der Waals surface area contributed by atoms with Gasteiger partial charge < -0.3 is 14.6 Å². The Hall–Kier alpha value is -2.04. The summed E-state index contributed by atoms with van der Waals surface area (Å²) >= 11 is 0. The van der Waals surface area contributed by atoms with Gasteiger partial charge in [-0.1, -0.05) is 25.8 Å². The first kappa shape index (κ1) is 19.0. The van der Waals surface area contributed by atoms with E-state index in [0.717, 1.165) is 25.0 Å². The maximum Gasteiger partial charge on any atom is 0.355 e. The number of hydrogen-bond acceptors (Lipinski definition) is 3. The largest absolute Gasteiger partial charge is 0.461 e. The fourth-order valence-electron chi connectivity index (χ4n) is 2.71. The molecule has 0 atom stereocenters. The van der Waals surface area contributed by atoms with E-state index < -0.39 is 5.97 Å². The Morgan fingerprint density at radius 2 is 1.96 bits per heavy atom. The SMILES string of the molecule is C=CCn1c(C)c(C(=O)NCCCCC)c(C)c1C(=O)OCC. The van der Waals surface area contributed by atoms with Gasteiger partial charge in [-0.25, -0.2) is 4.79 Å². The van der Waals surface area contributed by atoms with Gasteiger partial charge in [0, 0.05) is 18.8 Å². The summed E-state index contributed by atoms with van der Waals surface area (Å²) in [4.78, 5) is 24.7. The Balaban J connectivity index is 3.12. The first-order valence-corrected chi connectivity index (χ1v) is 8.25. The molecule has 0 radical (unpaired) electrons. The number of carbonyl (C=O) groups excluding carboxylic acids is 2. The van der Waals surface area contributed by atoms with Crippen LogP contribution in [0.3, 0.4) is 0 Å². The molecule has 0 saturated heterocycles. The second kappa shape index (κ2) is 9.18. The van der Waals surface area contributed by atoms with Gasteiger partial charge in [-0.05, 0) is 32.8 Å². The minimum Gasteiger partial charge on any atom is -0.461 e. The predicted molar refractivity (Wildman–Crippen MR) is 91.9 cm³/mol. The van der Waals surface area contributed by atoms with Gasteiger partial charge in [0.15, 0.2) is 0 Å². The van der Waals surface area contributed by atoms with Crippen molar-refractivity contribution in [1.82, 2.24) is 9.88 Å². The van der Waals surface area contributed by atoms with Crippen molar-refractivity contribution < 1.29 is 14.3 Å². The lowest BCUT2D eigenvalue weighted by Gasteiger charge is -2.09. The van der Waals surface area contributed by atoms with E-state index in [2.05, 4.69) is 18.8 Å². The lowest BCUT2D eigenvalue weighted by molar-refractivity contribution is 0.0513. The summed E-state index contributed by atoms with van der Waals surface area (Å²) in [5, 5.41) is 2.94. The molecule has 0 aliphatic carbocycles. The van der Waals surface area contributed by atoms with Crippen molar-refractivity contribution in [1.29, 1.82) is 0 Å². The van der Waals surface area contributed by atoms with E-state index in [0.29, 0.717) is 36.5 Å². The highest BCUT2D eigenvalue weighted by Gasteiger charge is 2.26. The average Bonchev–Trinajstić information content (AvgIpc) is 2.75. The monoisotopic (exact) mass is 320 g/mol. The number of nitrogens with one attached hydrogen (secondary N) is 1. The van der Waals surface area contributed by atoms with Crippen LogP contribution >= 0.6 is 0 Å². The van der Waals surface area contributed by atoms with E-state index in [9.17, 15) is 9.59 Å². The Bertz CT molecular complexity index is 573. The van der Waals surface area contributed by atoms with Crippen LogP contribution < -0.4 is 5.32 Å². The zero-order chi connectivity index (χ0) is 17.4. The summed E-state index contributed by atoms with van der Waals surface area (Å²) in [5.74, 6) is -0.538. The second-order valence-electron chi connectivity index (χ2n) is 5.52. The van der Waals surface area contributed by atoms with E-state index in [-0.39, 0.29) is 5.91 Å². The molecule has 1 heterocycles. The van der Waals surface area contributed by atoms with Crippen molar-refractivity contribution in [2.45, 2.75) is 53.5 Å². The zero-order valence-electron chi connectivity index (χ0n) is 14.7. The molecule has 23 heavy (non-hydrogen) atoms. The molecule has 0 aromatic carbocycles. The number of unbranched alkanes of at least 4 members (excludes halogenated alkanes) is 2. The molecule has 1 rings (SSSR count). The van der Waals surface area contributed by atoms with Crippen molar-refractivity contribution in [3.63, 3.8) is 0 Å². The fraction of sp³-hybridized carbons (Fsp3) is 0.556. The van der Waals surface area contributed by atoms with Gasteiger partial charge in [0.25, 0.3) is 5.91 Å². The van der Waals surface area contributed by atoms with Crippen LogP contribution in [0.1, 0.15) is 65.2 Å². The molecule has 0 spiro atoms. The minimum atomic E-state index is -0.403. The third-order valence-electron chi connectivity index (χ3n) is 3.84. The Kier molecular flexibility index (Phi) is 7.59. The van der Waals surface area contributed by atoms with Gasteiger partial charge in [0.2, 0.25) is 0 Å². The van der Waals surface area contributed by atoms with Crippen molar-refractivity contribution in [3.8, 4) is 0 Å². The fourth-order valence-corrected chi connectivity index (χ4v) is 2.71. The molecule has 5 nitrogen and oxygen atoms in total. The number of esters is 1. The van der Waals surface area contributed by atoms with Gasteiger partial charge in [0.1, 0.15) is 5.69 Å². The molecular weight excluding hydrogens is 292 g/mol.